The Balaban J connectivity index is 2.37. The van der Waals surface area contributed by atoms with E-state index in [0.29, 0.717) is 11.8 Å². The van der Waals surface area contributed by atoms with Gasteiger partial charge in [-0.15, -0.1) is 0 Å². The Bertz CT molecular complexity index is 299. The number of hydrogen-bond acceptors (Lipinski definition) is 3. The summed E-state index contributed by atoms with van der Waals surface area (Å²) < 4.78 is 0. The maximum atomic E-state index is 9.19. The lowest BCUT2D eigenvalue weighted by molar-refractivity contribution is 0.475. The molecule has 1 aromatic rings. The molecule has 3 N–H and O–H groups in total. The van der Waals surface area contributed by atoms with Gasteiger partial charge in [-0.25, -0.2) is 0 Å². The van der Waals surface area contributed by atoms with Crippen molar-refractivity contribution in [3.05, 3.63) is 18.2 Å². The van der Waals surface area contributed by atoms with Crippen LogP contribution in [0.4, 0.5) is 11.4 Å². The van der Waals surface area contributed by atoms with Gasteiger partial charge in [0, 0.05) is 18.7 Å². The Hall–Kier alpha value is -1.38. The monoisotopic (exact) mass is 164 g/mol. The average molecular weight is 164 g/mol. The number of benzene rings is 1. The van der Waals surface area contributed by atoms with Crippen LogP contribution in [0.25, 0.3) is 0 Å². The van der Waals surface area contributed by atoms with Crippen LogP contribution < -0.4 is 10.6 Å². The van der Waals surface area contributed by atoms with Crippen LogP contribution in [0.1, 0.15) is 6.92 Å². The molecule has 3 heteroatoms. The van der Waals surface area contributed by atoms with Gasteiger partial charge >= 0.3 is 0 Å². The third-order valence-electron chi connectivity index (χ3n) is 2.00. The Morgan fingerprint density at radius 3 is 3.08 bits per heavy atom. The number of nitrogens with one attached hydrogen (secondary N) is 2. The van der Waals surface area contributed by atoms with Crippen molar-refractivity contribution in [1.29, 1.82) is 0 Å². The number of aromatic hydroxyl groups is 1. The number of fused-ring (bicyclic) bond motifs is 1. The van der Waals surface area contributed by atoms with E-state index in [1.54, 1.807) is 12.1 Å². The predicted molar refractivity (Wildman–Crippen MR) is 49.7 cm³/mol. The number of phenols is 1. The molecule has 0 amide bonds. The summed E-state index contributed by atoms with van der Waals surface area (Å²) in [6.45, 7) is 3.01. The predicted octanol–water partition coefficient (Wildman–Crippen LogP) is 1.62. The second-order valence-electron chi connectivity index (χ2n) is 3.16. The SMILES string of the molecule is CC1CNc2cc(O)ccc2N1. The molecule has 1 aliphatic heterocycles. The molecule has 1 aliphatic rings. The van der Waals surface area contributed by atoms with Gasteiger partial charge in [-0.3, -0.25) is 0 Å². The second-order valence-corrected chi connectivity index (χ2v) is 3.16. The van der Waals surface area contributed by atoms with Crippen LogP contribution in [0.2, 0.25) is 0 Å². The lowest BCUT2D eigenvalue weighted by Crippen LogP contribution is -2.29. The van der Waals surface area contributed by atoms with Gasteiger partial charge in [-0.05, 0) is 19.1 Å². The summed E-state index contributed by atoms with van der Waals surface area (Å²) in [5.74, 6) is 0.303. The Morgan fingerprint density at radius 2 is 2.25 bits per heavy atom. The zero-order valence-electron chi connectivity index (χ0n) is 6.96. The fourth-order valence-electron chi connectivity index (χ4n) is 1.38. The number of hydrogen-bond donors (Lipinski definition) is 3. The van der Waals surface area contributed by atoms with Gasteiger partial charge in [0.25, 0.3) is 0 Å². The van der Waals surface area contributed by atoms with Crippen LogP contribution in [-0.2, 0) is 0 Å². The fourth-order valence-corrected chi connectivity index (χ4v) is 1.38. The average Bonchev–Trinajstić information content (AvgIpc) is 2.05. The summed E-state index contributed by atoms with van der Waals surface area (Å²) in [7, 11) is 0. The van der Waals surface area contributed by atoms with Crippen LogP contribution in [-0.4, -0.2) is 17.7 Å². The van der Waals surface area contributed by atoms with Crippen LogP contribution in [0.3, 0.4) is 0 Å². The molecular formula is C9H12N2O. The van der Waals surface area contributed by atoms with Gasteiger partial charge < -0.3 is 15.7 Å². The van der Waals surface area contributed by atoms with Gasteiger partial charge in [0.15, 0.2) is 0 Å². The van der Waals surface area contributed by atoms with Gasteiger partial charge in [0.1, 0.15) is 5.75 Å². The highest BCUT2D eigenvalue weighted by atomic mass is 16.3. The molecule has 0 spiro atoms. The maximum absolute atomic E-state index is 9.19. The molecule has 0 saturated carbocycles. The highest BCUT2D eigenvalue weighted by molar-refractivity contribution is 5.72. The van der Waals surface area contributed by atoms with Crippen molar-refractivity contribution >= 4 is 11.4 Å². The molecule has 0 saturated heterocycles. The number of anilines is 2. The zero-order chi connectivity index (χ0) is 8.55. The van der Waals surface area contributed by atoms with E-state index in [9.17, 15) is 5.11 Å². The summed E-state index contributed by atoms with van der Waals surface area (Å²) in [5.41, 5.74) is 2.04. The normalized spacial score (nSPS) is 20.6. The van der Waals surface area contributed by atoms with E-state index in [1.807, 2.05) is 6.07 Å². The van der Waals surface area contributed by atoms with Crippen molar-refractivity contribution in [1.82, 2.24) is 0 Å². The highest BCUT2D eigenvalue weighted by Crippen LogP contribution is 2.29. The molecule has 0 bridgehead atoms. The van der Waals surface area contributed by atoms with E-state index < -0.39 is 0 Å². The molecular weight excluding hydrogens is 152 g/mol. The smallest absolute Gasteiger partial charge is 0.117 e. The molecule has 12 heavy (non-hydrogen) atoms. The number of rotatable bonds is 0. The Kier molecular flexibility index (Phi) is 1.57. The minimum Gasteiger partial charge on any atom is -0.508 e. The van der Waals surface area contributed by atoms with Gasteiger partial charge in [-0.1, -0.05) is 0 Å². The lowest BCUT2D eigenvalue weighted by atomic mass is 10.1. The van der Waals surface area contributed by atoms with Crippen LogP contribution in [0, 0.1) is 0 Å². The Labute approximate surface area is 71.4 Å². The van der Waals surface area contributed by atoms with Gasteiger partial charge in [0.05, 0.1) is 11.4 Å². The summed E-state index contributed by atoms with van der Waals surface area (Å²) in [6.07, 6.45) is 0. The molecule has 3 nitrogen and oxygen atoms in total. The molecule has 1 atom stereocenters. The molecule has 2 rings (SSSR count). The molecule has 0 radical (unpaired) electrons. The van der Waals surface area contributed by atoms with Crippen molar-refractivity contribution < 1.29 is 5.11 Å². The fraction of sp³-hybridized carbons (Fsp3) is 0.333. The summed E-state index contributed by atoms with van der Waals surface area (Å²) in [6, 6.07) is 5.75. The quantitative estimate of drug-likeness (QED) is 0.510. The van der Waals surface area contributed by atoms with Crippen molar-refractivity contribution in [3.8, 4) is 5.75 Å². The minimum absolute atomic E-state index is 0.303. The molecule has 0 aliphatic carbocycles. The molecule has 1 heterocycles. The first kappa shape index (κ1) is 7.28. The standard InChI is InChI=1S/C9H12N2O/c1-6-5-10-9-4-7(12)2-3-8(9)11-6/h2-4,6,10-12H,5H2,1H3. The topological polar surface area (TPSA) is 44.3 Å². The van der Waals surface area contributed by atoms with E-state index in [-0.39, 0.29) is 0 Å². The molecule has 1 unspecified atom stereocenters. The third-order valence-corrected chi connectivity index (χ3v) is 2.00. The minimum atomic E-state index is 0.303. The second kappa shape index (κ2) is 2.59. The van der Waals surface area contributed by atoms with Crippen LogP contribution >= 0.6 is 0 Å². The van der Waals surface area contributed by atoms with Gasteiger partial charge in [-0.2, -0.15) is 0 Å². The number of phenolic OH excluding ortho intramolecular Hbond substituents is 1. The molecule has 1 aromatic carbocycles. The summed E-state index contributed by atoms with van der Waals surface area (Å²) in [5, 5.41) is 15.7. The van der Waals surface area contributed by atoms with E-state index in [0.717, 1.165) is 17.9 Å². The third kappa shape index (κ3) is 1.18. The van der Waals surface area contributed by atoms with Crippen molar-refractivity contribution in [2.45, 2.75) is 13.0 Å². The van der Waals surface area contributed by atoms with E-state index in [2.05, 4.69) is 17.6 Å². The van der Waals surface area contributed by atoms with Crippen LogP contribution in [0.5, 0.6) is 5.75 Å². The van der Waals surface area contributed by atoms with Crippen molar-refractivity contribution in [3.63, 3.8) is 0 Å². The van der Waals surface area contributed by atoms with Crippen LogP contribution in [0.15, 0.2) is 18.2 Å². The van der Waals surface area contributed by atoms with E-state index in [4.69, 9.17) is 0 Å². The summed E-state index contributed by atoms with van der Waals surface area (Å²) in [4.78, 5) is 0. The maximum Gasteiger partial charge on any atom is 0.117 e. The summed E-state index contributed by atoms with van der Waals surface area (Å²) >= 11 is 0. The Morgan fingerprint density at radius 1 is 1.42 bits per heavy atom. The van der Waals surface area contributed by atoms with Crippen molar-refractivity contribution in [2.24, 2.45) is 0 Å². The first-order chi connectivity index (χ1) is 5.75. The first-order valence-corrected chi connectivity index (χ1v) is 4.09. The lowest BCUT2D eigenvalue weighted by Gasteiger charge is -2.25. The molecule has 0 aromatic heterocycles. The molecule has 0 fully saturated rings. The largest absolute Gasteiger partial charge is 0.508 e. The van der Waals surface area contributed by atoms with E-state index in [1.165, 1.54) is 0 Å². The van der Waals surface area contributed by atoms with Gasteiger partial charge in [0.2, 0.25) is 0 Å². The first-order valence-electron chi connectivity index (χ1n) is 4.09. The highest BCUT2D eigenvalue weighted by Gasteiger charge is 2.12. The van der Waals surface area contributed by atoms with Crippen molar-refractivity contribution in [2.75, 3.05) is 17.2 Å². The molecule has 64 valence electrons. The van der Waals surface area contributed by atoms with E-state index >= 15 is 0 Å². The zero-order valence-corrected chi connectivity index (χ0v) is 6.96.